The number of carbonyl (C=O) groups is 1. The predicted octanol–water partition coefficient (Wildman–Crippen LogP) is 5.69. The van der Waals surface area contributed by atoms with Gasteiger partial charge in [0, 0.05) is 22.9 Å². The van der Waals surface area contributed by atoms with E-state index in [-0.39, 0.29) is 18.1 Å². The Hall–Kier alpha value is -2.07. The number of amides is 1. The first kappa shape index (κ1) is 19.3. The van der Waals surface area contributed by atoms with Crippen LogP contribution in [-0.4, -0.2) is 24.0 Å². The van der Waals surface area contributed by atoms with Crippen molar-refractivity contribution in [1.29, 1.82) is 0 Å². The van der Waals surface area contributed by atoms with Crippen molar-refractivity contribution in [2.45, 2.75) is 30.9 Å². The quantitative estimate of drug-likeness (QED) is 0.602. The van der Waals surface area contributed by atoms with Gasteiger partial charge in [-0.2, -0.15) is 0 Å². The highest BCUT2D eigenvalue weighted by Crippen LogP contribution is 2.54. The van der Waals surface area contributed by atoms with Gasteiger partial charge in [-0.3, -0.25) is 4.79 Å². The molecule has 2 aromatic carbocycles. The fourth-order valence-corrected chi connectivity index (χ4v) is 4.42. The molecule has 3 atom stereocenters. The van der Waals surface area contributed by atoms with Crippen molar-refractivity contribution >= 4 is 29.1 Å². The lowest BCUT2D eigenvalue weighted by molar-refractivity contribution is -0.155. The minimum absolute atomic E-state index is 0.0495. The maximum atomic E-state index is 13.4. The SMILES string of the molecule is COC1C=CC(N2C(=O)C(C)(c3cccc(Cl)c3)C2c2ccc(Cl)cc2)=CC1. The zero-order valence-corrected chi connectivity index (χ0v) is 17.2. The molecule has 1 fully saturated rings. The number of allylic oxidation sites excluding steroid dienone is 1. The van der Waals surface area contributed by atoms with Gasteiger partial charge in [0.05, 0.1) is 17.6 Å². The highest BCUT2D eigenvalue weighted by Gasteiger charge is 2.59. The second kappa shape index (κ2) is 7.40. The summed E-state index contributed by atoms with van der Waals surface area (Å²) in [6.45, 7) is 1.99. The maximum Gasteiger partial charge on any atom is 0.240 e. The highest BCUT2D eigenvalue weighted by molar-refractivity contribution is 6.31. The smallest absolute Gasteiger partial charge is 0.240 e. The van der Waals surface area contributed by atoms with Crippen LogP contribution < -0.4 is 0 Å². The number of hydrogen-bond donors (Lipinski definition) is 0. The molecule has 3 nitrogen and oxygen atoms in total. The average molecular weight is 414 g/mol. The molecular weight excluding hydrogens is 393 g/mol. The number of nitrogens with zero attached hydrogens (tertiary/aromatic N) is 1. The molecule has 3 unspecified atom stereocenters. The van der Waals surface area contributed by atoms with E-state index in [0.29, 0.717) is 10.0 Å². The lowest BCUT2D eigenvalue weighted by Gasteiger charge is -2.55. The summed E-state index contributed by atoms with van der Waals surface area (Å²) in [7, 11) is 1.69. The van der Waals surface area contributed by atoms with E-state index in [0.717, 1.165) is 23.2 Å². The van der Waals surface area contributed by atoms with Gasteiger partial charge in [-0.25, -0.2) is 0 Å². The Morgan fingerprint density at radius 3 is 2.46 bits per heavy atom. The third-order valence-corrected chi connectivity index (χ3v) is 6.19. The van der Waals surface area contributed by atoms with Gasteiger partial charge in [-0.15, -0.1) is 0 Å². The first-order valence-corrected chi connectivity index (χ1v) is 9.97. The topological polar surface area (TPSA) is 29.5 Å². The van der Waals surface area contributed by atoms with Crippen LogP contribution in [0, 0.1) is 0 Å². The zero-order chi connectivity index (χ0) is 19.9. The summed E-state index contributed by atoms with van der Waals surface area (Å²) in [5.41, 5.74) is 2.15. The predicted molar refractivity (Wildman–Crippen MR) is 112 cm³/mol. The second-order valence-electron chi connectivity index (χ2n) is 7.34. The number of benzene rings is 2. The number of methoxy groups -OCH3 is 1. The van der Waals surface area contributed by atoms with Crippen molar-refractivity contribution in [1.82, 2.24) is 4.90 Å². The van der Waals surface area contributed by atoms with Crippen LogP contribution in [0.15, 0.2) is 72.5 Å². The highest BCUT2D eigenvalue weighted by atomic mass is 35.5. The molecule has 0 saturated carbocycles. The fraction of sp³-hybridized carbons (Fsp3) is 0.261. The van der Waals surface area contributed by atoms with Crippen molar-refractivity contribution in [3.05, 3.63) is 93.6 Å². The van der Waals surface area contributed by atoms with E-state index in [1.165, 1.54) is 0 Å². The Morgan fingerprint density at radius 1 is 1.11 bits per heavy atom. The first-order valence-electron chi connectivity index (χ1n) is 9.21. The Labute approximate surface area is 175 Å². The molecule has 5 heteroatoms. The van der Waals surface area contributed by atoms with Crippen LogP contribution in [0.1, 0.15) is 30.5 Å². The van der Waals surface area contributed by atoms with E-state index >= 15 is 0 Å². The number of β-lactam (4-membered cyclic amide) rings is 1. The van der Waals surface area contributed by atoms with Gasteiger partial charge in [0.2, 0.25) is 5.91 Å². The van der Waals surface area contributed by atoms with Crippen LogP contribution in [0.25, 0.3) is 0 Å². The molecule has 144 valence electrons. The van der Waals surface area contributed by atoms with Gasteiger partial charge in [0.15, 0.2) is 0 Å². The molecule has 1 heterocycles. The monoisotopic (exact) mass is 413 g/mol. The third-order valence-electron chi connectivity index (χ3n) is 5.70. The summed E-state index contributed by atoms with van der Waals surface area (Å²) in [5, 5.41) is 1.30. The molecule has 0 spiro atoms. The number of hydrogen-bond acceptors (Lipinski definition) is 2. The summed E-state index contributed by atoms with van der Waals surface area (Å²) in [6, 6.07) is 15.1. The van der Waals surface area contributed by atoms with Crippen molar-refractivity contribution in [2.24, 2.45) is 0 Å². The van der Waals surface area contributed by atoms with E-state index in [9.17, 15) is 4.79 Å². The minimum atomic E-state index is -0.703. The molecule has 1 saturated heterocycles. The van der Waals surface area contributed by atoms with Gasteiger partial charge in [0.25, 0.3) is 0 Å². The Bertz CT molecular complexity index is 967. The van der Waals surface area contributed by atoms with Gasteiger partial charge in [0.1, 0.15) is 0 Å². The number of halogens is 2. The Balaban J connectivity index is 1.78. The number of likely N-dealkylation sites (tertiary alicyclic amines) is 1. The normalized spacial score (nSPS) is 26.8. The van der Waals surface area contributed by atoms with E-state index < -0.39 is 5.41 Å². The average Bonchev–Trinajstić information content (AvgIpc) is 2.72. The molecule has 1 amide bonds. The molecule has 28 heavy (non-hydrogen) atoms. The molecule has 0 N–H and O–H groups in total. The van der Waals surface area contributed by atoms with Crippen LogP contribution >= 0.6 is 23.2 Å². The molecule has 2 aliphatic rings. The second-order valence-corrected chi connectivity index (χ2v) is 8.21. The lowest BCUT2D eigenvalue weighted by atomic mass is 9.64. The zero-order valence-electron chi connectivity index (χ0n) is 15.7. The van der Waals surface area contributed by atoms with Crippen LogP contribution in [0.3, 0.4) is 0 Å². The molecule has 4 rings (SSSR count). The van der Waals surface area contributed by atoms with Crippen LogP contribution in [0.2, 0.25) is 10.0 Å². The van der Waals surface area contributed by atoms with Gasteiger partial charge in [-0.05, 0) is 54.8 Å². The third kappa shape index (κ3) is 3.08. The van der Waals surface area contributed by atoms with Crippen molar-refractivity contribution < 1.29 is 9.53 Å². The lowest BCUT2D eigenvalue weighted by Crippen LogP contribution is -2.64. The maximum absolute atomic E-state index is 13.4. The van der Waals surface area contributed by atoms with Gasteiger partial charge < -0.3 is 9.64 Å². The van der Waals surface area contributed by atoms with Crippen LogP contribution in [-0.2, 0) is 14.9 Å². The molecule has 0 bridgehead atoms. The number of ether oxygens (including phenoxy) is 1. The summed E-state index contributed by atoms with van der Waals surface area (Å²) in [6.07, 6.45) is 6.82. The summed E-state index contributed by atoms with van der Waals surface area (Å²) < 4.78 is 5.38. The Kier molecular flexibility index (Phi) is 5.09. The van der Waals surface area contributed by atoms with E-state index in [2.05, 4.69) is 6.08 Å². The first-order chi connectivity index (χ1) is 13.4. The molecule has 2 aromatic rings. The number of rotatable bonds is 4. The van der Waals surface area contributed by atoms with Crippen LogP contribution in [0.4, 0.5) is 0 Å². The van der Waals surface area contributed by atoms with Crippen molar-refractivity contribution in [2.75, 3.05) is 7.11 Å². The fourth-order valence-electron chi connectivity index (χ4n) is 4.11. The van der Waals surface area contributed by atoms with Gasteiger partial charge in [-0.1, -0.05) is 59.6 Å². The molecule has 1 aliphatic heterocycles. The standard InChI is InChI=1S/C23H21Cl2NO2/c1-23(16-4-3-5-18(25)14-16)21(15-6-8-17(24)9-7-15)26(22(23)27)19-10-12-20(28-2)13-11-19/h3-12,14,20-21H,13H2,1-2H3. The van der Waals surface area contributed by atoms with E-state index in [4.69, 9.17) is 27.9 Å². The largest absolute Gasteiger partial charge is 0.377 e. The minimum Gasteiger partial charge on any atom is -0.377 e. The molecule has 0 radical (unpaired) electrons. The van der Waals surface area contributed by atoms with Gasteiger partial charge >= 0.3 is 0 Å². The summed E-state index contributed by atoms with van der Waals surface area (Å²) in [4.78, 5) is 15.3. The van der Waals surface area contributed by atoms with E-state index in [1.54, 1.807) is 7.11 Å². The number of carbonyl (C=O) groups excluding carboxylic acids is 1. The van der Waals surface area contributed by atoms with Crippen molar-refractivity contribution in [3.8, 4) is 0 Å². The van der Waals surface area contributed by atoms with E-state index in [1.807, 2.05) is 72.5 Å². The van der Waals surface area contributed by atoms with Crippen LogP contribution in [0.5, 0.6) is 0 Å². The van der Waals surface area contributed by atoms with Crippen molar-refractivity contribution in [3.63, 3.8) is 0 Å². The molecule has 0 aromatic heterocycles. The molecule has 1 aliphatic carbocycles. The Morgan fingerprint density at radius 2 is 1.86 bits per heavy atom. The summed E-state index contributed by atoms with van der Waals surface area (Å²) >= 11 is 12.3. The molecular formula is C23H21Cl2NO2. The summed E-state index contributed by atoms with van der Waals surface area (Å²) in [5.74, 6) is 0.0569.